The number of carbonyl (C=O) groups excluding carboxylic acids is 3. The van der Waals surface area contributed by atoms with E-state index in [2.05, 4.69) is 106 Å². The molecule has 0 radical (unpaired) electrons. The molecule has 0 aliphatic rings. The summed E-state index contributed by atoms with van der Waals surface area (Å²) in [5, 5.41) is 0. The van der Waals surface area contributed by atoms with Crippen LogP contribution in [0.25, 0.3) is 0 Å². The highest BCUT2D eigenvalue weighted by molar-refractivity contribution is 5.71. The zero-order valence-electron chi connectivity index (χ0n) is 51.7. The van der Waals surface area contributed by atoms with E-state index in [1.165, 1.54) is 199 Å². The molecule has 0 saturated heterocycles. The van der Waals surface area contributed by atoms with Gasteiger partial charge >= 0.3 is 17.9 Å². The lowest BCUT2D eigenvalue weighted by atomic mass is 10.0. The van der Waals surface area contributed by atoms with Crippen LogP contribution in [0.4, 0.5) is 0 Å². The first kappa shape index (κ1) is 74.6. The van der Waals surface area contributed by atoms with E-state index in [0.717, 1.165) is 96.3 Å². The summed E-state index contributed by atoms with van der Waals surface area (Å²) >= 11 is 0. The zero-order valence-corrected chi connectivity index (χ0v) is 51.7. The van der Waals surface area contributed by atoms with Gasteiger partial charge in [-0.05, 0) is 116 Å². The molecule has 1 atom stereocenters. The molecule has 450 valence electrons. The highest BCUT2D eigenvalue weighted by atomic mass is 16.6. The Morgan fingerprint density at radius 3 is 0.808 bits per heavy atom. The van der Waals surface area contributed by atoms with Gasteiger partial charge in [0, 0.05) is 19.3 Å². The summed E-state index contributed by atoms with van der Waals surface area (Å²) in [6.45, 7) is 6.52. The van der Waals surface area contributed by atoms with Crippen molar-refractivity contribution >= 4 is 17.9 Å². The van der Waals surface area contributed by atoms with Crippen LogP contribution in [0.15, 0.2) is 85.1 Å². The van der Waals surface area contributed by atoms with Gasteiger partial charge in [0.05, 0.1) is 0 Å². The van der Waals surface area contributed by atoms with E-state index >= 15 is 0 Å². The van der Waals surface area contributed by atoms with E-state index < -0.39 is 6.10 Å². The first-order valence-corrected chi connectivity index (χ1v) is 33.6. The van der Waals surface area contributed by atoms with Gasteiger partial charge in [0.2, 0.25) is 0 Å². The lowest BCUT2D eigenvalue weighted by molar-refractivity contribution is -0.167. The highest BCUT2D eigenvalue weighted by Crippen LogP contribution is 2.17. The van der Waals surface area contributed by atoms with E-state index in [4.69, 9.17) is 14.2 Å². The first-order chi connectivity index (χ1) is 38.5. The standard InChI is InChI=1S/C72H126O6/c1-4-7-10-13-16-19-22-25-27-29-31-32-33-34-35-36-37-38-39-40-41-43-44-47-50-53-56-59-62-65-71(74)77-68-69(67-76-70(73)64-61-58-55-52-49-46-24-21-18-15-12-9-6-3)78-72(75)66-63-60-57-54-51-48-45-42-30-28-26-23-20-17-14-11-8-5-2/h9,12,18,21-22,25,28-31,33-34,46,49,69H,4-8,10-11,13-17,19-20,23-24,26-27,32,35-45,47-48,50-68H2,1-3H3/b12-9-,21-18-,25-22-,30-28-,31-29-,34-33-,49-46-. The third-order valence-corrected chi connectivity index (χ3v) is 14.6. The molecule has 1 unspecified atom stereocenters. The molecule has 0 aliphatic heterocycles. The van der Waals surface area contributed by atoms with Gasteiger partial charge in [0.25, 0.3) is 0 Å². The Morgan fingerprint density at radius 2 is 0.500 bits per heavy atom. The maximum Gasteiger partial charge on any atom is 0.306 e. The Morgan fingerprint density at radius 1 is 0.269 bits per heavy atom. The Hall–Kier alpha value is -3.41. The molecule has 0 heterocycles. The molecular formula is C72H126O6. The van der Waals surface area contributed by atoms with Crippen molar-refractivity contribution in [1.29, 1.82) is 0 Å². The molecule has 0 amide bonds. The largest absolute Gasteiger partial charge is 0.462 e. The van der Waals surface area contributed by atoms with Gasteiger partial charge in [-0.25, -0.2) is 0 Å². The lowest BCUT2D eigenvalue weighted by Gasteiger charge is -2.18. The van der Waals surface area contributed by atoms with Crippen molar-refractivity contribution in [3.05, 3.63) is 85.1 Å². The average molecular weight is 1090 g/mol. The van der Waals surface area contributed by atoms with E-state index in [1.807, 2.05) is 0 Å². The highest BCUT2D eigenvalue weighted by Gasteiger charge is 2.19. The van der Waals surface area contributed by atoms with Crippen LogP contribution >= 0.6 is 0 Å². The third-order valence-electron chi connectivity index (χ3n) is 14.6. The minimum atomic E-state index is -0.792. The summed E-state index contributed by atoms with van der Waals surface area (Å²) in [6.07, 6.45) is 87.5. The Kier molecular flexibility index (Phi) is 63.2. The maximum atomic E-state index is 12.9. The number of ether oxygens (including phenoxy) is 3. The summed E-state index contributed by atoms with van der Waals surface area (Å²) in [4.78, 5) is 38.3. The van der Waals surface area contributed by atoms with Crippen LogP contribution < -0.4 is 0 Å². The van der Waals surface area contributed by atoms with Gasteiger partial charge < -0.3 is 14.2 Å². The van der Waals surface area contributed by atoms with Gasteiger partial charge in [-0.1, -0.05) is 286 Å². The molecule has 0 aromatic heterocycles. The predicted octanol–water partition coefficient (Wildman–Crippen LogP) is 23.1. The van der Waals surface area contributed by atoms with Crippen LogP contribution in [0, 0.1) is 0 Å². The molecule has 6 nitrogen and oxygen atoms in total. The van der Waals surface area contributed by atoms with Gasteiger partial charge in [0.1, 0.15) is 13.2 Å². The number of carbonyl (C=O) groups is 3. The molecule has 0 bridgehead atoms. The fourth-order valence-electron chi connectivity index (χ4n) is 9.58. The van der Waals surface area contributed by atoms with E-state index in [0.29, 0.717) is 19.3 Å². The lowest BCUT2D eigenvalue weighted by Crippen LogP contribution is -2.30. The second-order valence-corrected chi connectivity index (χ2v) is 22.3. The van der Waals surface area contributed by atoms with Crippen molar-refractivity contribution in [2.45, 2.75) is 341 Å². The van der Waals surface area contributed by atoms with Crippen LogP contribution in [0.5, 0.6) is 0 Å². The second-order valence-electron chi connectivity index (χ2n) is 22.3. The Labute approximate surface area is 484 Å². The van der Waals surface area contributed by atoms with Gasteiger partial charge in [0.15, 0.2) is 6.10 Å². The fourth-order valence-corrected chi connectivity index (χ4v) is 9.58. The fraction of sp³-hybridized carbons (Fsp3) is 0.764. The molecule has 0 aromatic rings. The molecule has 78 heavy (non-hydrogen) atoms. The molecule has 0 saturated carbocycles. The number of hydrogen-bond donors (Lipinski definition) is 0. The summed E-state index contributed by atoms with van der Waals surface area (Å²) < 4.78 is 16.9. The topological polar surface area (TPSA) is 78.9 Å². The quantitative estimate of drug-likeness (QED) is 0.0261. The smallest absolute Gasteiger partial charge is 0.306 e. The van der Waals surface area contributed by atoms with Gasteiger partial charge in [-0.2, -0.15) is 0 Å². The predicted molar refractivity (Wildman–Crippen MR) is 339 cm³/mol. The van der Waals surface area contributed by atoms with Crippen LogP contribution in [0.1, 0.15) is 335 Å². The minimum Gasteiger partial charge on any atom is -0.462 e. The van der Waals surface area contributed by atoms with Crippen molar-refractivity contribution in [2.75, 3.05) is 13.2 Å². The number of esters is 3. The van der Waals surface area contributed by atoms with Crippen molar-refractivity contribution in [2.24, 2.45) is 0 Å². The van der Waals surface area contributed by atoms with E-state index in [1.54, 1.807) is 0 Å². The van der Waals surface area contributed by atoms with Gasteiger partial charge in [-0.3, -0.25) is 14.4 Å². The number of allylic oxidation sites excluding steroid dienone is 14. The van der Waals surface area contributed by atoms with Crippen molar-refractivity contribution < 1.29 is 28.6 Å². The zero-order chi connectivity index (χ0) is 56.4. The number of hydrogen-bond acceptors (Lipinski definition) is 6. The minimum absolute atomic E-state index is 0.0863. The SMILES string of the molecule is CC/C=C\C/C=C\C/C=C\CCCCCC(=O)OCC(COC(=O)CCCCCCCCCCCCCCCC/C=C\C/C=C\C/C=C\CCCCCCC)OC(=O)CCCCCCCCC/C=C\CCCCCCCCC. The normalized spacial score (nSPS) is 12.6. The van der Waals surface area contributed by atoms with Crippen LogP contribution in [-0.2, 0) is 28.6 Å². The molecule has 0 rings (SSSR count). The number of unbranched alkanes of at least 4 members (excludes halogenated alkanes) is 36. The van der Waals surface area contributed by atoms with Crippen molar-refractivity contribution in [3.63, 3.8) is 0 Å². The molecule has 0 aliphatic carbocycles. The molecule has 0 aromatic carbocycles. The monoisotopic (exact) mass is 1090 g/mol. The maximum absolute atomic E-state index is 12.9. The molecule has 6 heteroatoms. The van der Waals surface area contributed by atoms with Crippen LogP contribution in [0.3, 0.4) is 0 Å². The molecule has 0 N–H and O–H groups in total. The molecule has 0 spiro atoms. The van der Waals surface area contributed by atoms with Crippen LogP contribution in [0.2, 0.25) is 0 Å². The summed E-state index contributed by atoms with van der Waals surface area (Å²) in [5.41, 5.74) is 0. The van der Waals surface area contributed by atoms with E-state index in [-0.39, 0.29) is 31.1 Å². The number of rotatable bonds is 61. The van der Waals surface area contributed by atoms with Crippen molar-refractivity contribution in [1.82, 2.24) is 0 Å². The second kappa shape index (κ2) is 66.1. The summed E-state index contributed by atoms with van der Waals surface area (Å²) in [7, 11) is 0. The first-order valence-electron chi connectivity index (χ1n) is 33.6. The summed E-state index contributed by atoms with van der Waals surface area (Å²) in [6, 6.07) is 0. The Balaban J connectivity index is 4.25. The van der Waals surface area contributed by atoms with Gasteiger partial charge in [-0.15, -0.1) is 0 Å². The van der Waals surface area contributed by atoms with Crippen LogP contribution in [-0.4, -0.2) is 37.2 Å². The van der Waals surface area contributed by atoms with Crippen molar-refractivity contribution in [3.8, 4) is 0 Å². The third kappa shape index (κ3) is 63.4. The average Bonchev–Trinajstić information content (AvgIpc) is 3.44. The Bertz CT molecular complexity index is 1480. The molecular weight excluding hydrogens is 961 g/mol. The molecule has 0 fully saturated rings. The summed E-state index contributed by atoms with van der Waals surface area (Å²) in [5.74, 6) is -0.909. The van der Waals surface area contributed by atoms with E-state index in [9.17, 15) is 14.4 Å².